The van der Waals surface area contributed by atoms with Gasteiger partial charge in [0.15, 0.2) is 0 Å². The predicted octanol–water partition coefficient (Wildman–Crippen LogP) is 2.65. The molecular weight excluding hydrogens is 332 g/mol. The third kappa shape index (κ3) is 5.25. The van der Waals surface area contributed by atoms with Crippen LogP contribution in [0.2, 0.25) is 0 Å². The summed E-state index contributed by atoms with van der Waals surface area (Å²) in [5.41, 5.74) is -0.163. The Morgan fingerprint density at radius 2 is 1.71 bits per heavy atom. The van der Waals surface area contributed by atoms with Crippen LogP contribution in [0.15, 0.2) is 29.2 Å². The van der Waals surface area contributed by atoms with E-state index in [4.69, 9.17) is 0 Å². The van der Waals surface area contributed by atoms with E-state index in [0.717, 1.165) is 6.42 Å². The molecule has 0 saturated carbocycles. The van der Waals surface area contributed by atoms with Crippen molar-refractivity contribution in [3.8, 4) is 0 Å². The first-order chi connectivity index (χ1) is 11.1. The molecule has 0 bridgehead atoms. The predicted molar refractivity (Wildman–Crippen MR) is 92.2 cm³/mol. The van der Waals surface area contributed by atoms with E-state index in [1.807, 2.05) is 27.7 Å². The van der Waals surface area contributed by atoms with Crippen molar-refractivity contribution in [1.82, 2.24) is 4.31 Å². The summed E-state index contributed by atoms with van der Waals surface area (Å²) in [6.45, 7) is 7.88. The van der Waals surface area contributed by atoms with E-state index in [9.17, 15) is 23.6 Å². The number of rotatable bonds is 9. The summed E-state index contributed by atoms with van der Waals surface area (Å²) in [5.74, 6) is 0.0636. The van der Waals surface area contributed by atoms with Gasteiger partial charge in [-0.05, 0) is 24.0 Å². The molecule has 0 aliphatic rings. The van der Waals surface area contributed by atoms with E-state index >= 15 is 0 Å². The standard InChI is InChI=1S/C16H26N2O5S/c1-5-13(4)16(19)11-17(10-12(2)3)24(22,23)15-8-6-14(7-9-15)18(20)21/h6-9,12-13,16,19H,5,10-11H2,1-4H3/t13-,16+/m0/s1. The molecule has 0 spiro atoms. The van der Waals surface area contributed by atoms with Crippen molar-refractivity contribution in [1.29, 1.82) is 0 Å². The van der Waals surface area contributed by atoms with Gasteiger partial charge in [0.05, 0.1) is 15.9 Å². The molecule has 24 heavy (non-hydrogen) atoms. The fourth-order valence-corrected chi connectivity index (χ4v) is 3.85. The first kappa shape index (κ1) is 20.5. The molecule has 0 amide bonds. The van der Waals surface area contributed by atoms with Gasteiger partial charge >= 0.3 is 0 Å². The fraction of sp³-hybridized carbons (Fsp3) is 0.625. The van der Waals surface area contributed by atoms with Gasteiger partial charge in [-0.2, -0.15) is 4.31 Å². The molecule has 0 saturated heterocycles. The number of hydrogen-bond donors (Lipinski definition) is 1. The first-order valence-electron chi connectivity index (χ1n) is 8.02. The second-order valence-electron chi connectivity index (χ2n) is 6.42. The number of sulfonamides is 1. The molecule has 0 aliphatic carbocycles. The van der Waals surface area contributed by atoms with E-state index in [2.05, 4.69) is 0 Å². The van der Waals surface area contributed by atoms with Crippen molar-refractivity contribution >= 4 is 15.7 Å². The highest BCUT2D eigenvalue weighted by Gasteiger charge is 2.29. The summed E-state index contributed by atoms with van der Waals surface area (Å²) in [4.78, 5) is 10.1. The molecule has 1 aromatic rings. The maximum Gasteiger partial charge on any atom is 0.269 e. The highest BCUT2D eigenvalue weighted by Crippen LogP contribution is 2.22. The summed E-state index contributed by atoms with van der Waals surface area (Å²) in [6.07, 6.45) is -0.0181. The molecule has 8 heteroatoms. The fourth-order valence-electron chi connectivity index (χ4n) is 2.23. The van der Waals surface area contributed by atoms with Crippen LogP contribution in [-0.2, 0) is 10.0 Å². The van der Waals surface area contributed by atoms with Gasteiger partial charge < -0.3 is 5.11 Å². The normalized spacial score (nSPS) is 14.8. The second kappa shape index (κ2) is 8.55. The lowest BCUT2D eigenvalue weighted by atomic mass is 10.0. The van der Waals surface area contributed by atoms with Crippen LogP contribution < -0.4 is 0 Å². The molecule has 1 aromatic carbocycles. The number of aliphatic hydroxyl groups is 1. The topological polar surface area (TPSA) is 101 Å². The number of non-ortho nitro benzene ring substituents is 1. The molecule has 136 valence electrons. The number of nitrogens with zero attached hydrogens (tertiary/aromatic N) is 2. The molecule has 0 unspecified atom stereocenters. The van der Waals surface area contributed by atoms with Gasteiger partial charge in [0, 0.05) is 25.2 Å². The summed E-state index contributed by atoms with van der Waals surface area (Å²) in [7, 11) is -3.82. The van der Waals surface area contributed by atoms with Crippen LogP contribution >= 0.6 is 0 Å². The average molecular weight is 358 g/mol. The van der Waals surface area contributed by atoms with Crippen molar-refractivity contribution in [2.75, 3.05) is 13.1 Å². The molecule has 0 heterocycles. The molecule has 2 atom stereocenters. The highest BCUT2D eigenvalue weighted by molar-refractivity contribution is 7.89. The van der Waals surface area contributed by atoms with Crippen molar-refractivity contribution in [2.24, 2.45) is 11.8 Å². The Morgan fingerprint density at radius 3 is 2.12 bits per heavy atom. The van der Waals surface area contributed by atoms with Crippen LogP contribution in [0.1, 0.15) is 34.1 Å². The third-order valence-corrected chi connectivity index (χ3v) is 5.79. The Labute approximate surface area is 143 Å². The van der Waals surface area contributed by atoms with Crippen molar-refractivity contribution < 1.29 is 18.4 Å². The van der Waals surface area contributed by atoms with Crippen LogP contribution in [0.4, 0.5) is 5.69 Å². The Bertz CT molecular complexity index is 643. The molecule has 0 radical (unpaired) electrons. The zero-order valence-electron chi connectivity index (χ0n) is 14.5. The highest BCUT2D eigenvalue weighted by atomic mass is 32.2. The molecule has 1 N–H and O–H groups in total. The van der Waals surface area contributed by atoms with Crippen LogP contribution in [0.25, 0.3) is 0 Å². The Balaban J connectivity index is 3.12. The summed E-state index contributed by atoms with van der Waals surface area (Å²) in [6, 6.07) is 4.81. The third-order valence-electron chi connectivity index (χ3n) is 3.95. The van der Waals surface area contributed by atoms with Gasteiger partial charge in [0.1, 0.15) is 0 Å². The largest absolute Gasteiger partial charge is 0.391 e. The minimum atomic E-state index is -3.82. The van der Waals surface area contributed by atoms with Gasteiger partial charge in [-0.3, -0.25) is 10.1 Å². The number of nitro groups is 1. The maximum absolute atomic E-state index is 12.8. The van der Waals surface area contributed by atoms with Crippen LogP contribution in [0.5, 0.6) is 0 Å². The van der Waals surface area contributed by atoms with Crippen molar-refractivity contribution in [2.45, 2.75) is 45.1 Å². The van der Waals surface area contributed by atoms with E-state index in [1.165, 1.54) is 28.6 Å². The summed E-state index contributed by atoms with van der Waals surface area (Å²) in [5, 5.41) is 20.9. The minimum absolute atomic E-state index is 0.00646. The van der Waals surface area contributed by atoms with E-state index in [1.54, 1.807) is 0 Å². The molecular formula is C16H26N2O5S. The Kier molecular flexibility index (Phi) is 7.31. The monoisotopic (exact) mass is 358 g/mol. The summed E-state index contributed by atoms with van der Waals surface area (Å²) >= 11 is 0. The average Bonchev–Trinajstić information content (AvgIpc) is 2.52. The maximum atomic E-state index is 12.8. The number of aliphatic hydroxyl groups excluding tert-OH is 1. The zero-order chi connectivity index (χ0) is 18.5. The van der Waals surface area contributed by atoms with Gasteiger partial charge in [-0.1, -0.05) is 34.1 Å². The molecule has 0 aliphatic heterocycles. The molecule has 0 aromatic heterocycles. The SMILES string of the molecule is CC[C@H](C)[C@H](O)CN(CC(C)C)S(=O)(=O)c1ccc([N+](=O)[O-])cc1. The van der Waals surface area contributed by atoms with Gasteiger partial charge in [-0.25, -0.2) is 8.42 Å². The van der Waals surface area contributed by atoms with Crippen LogP contribution in [0, 0.1) is 22.0 Å². The van der Waals surface area contributed by atoms with Crippen molar-refractivity contribution in [3.05, 3.63) is 34.4 Å². The van der Waals surface area contributed by atoms with E-state index in [0.29, 0.717) is 0 Å². The Morgan fingerprint density at radius 1 is 1.17 bits per heavy atom. The van der Waals surface area contributed by atoms with E-state index < -0.39 is 21.1 Å². The zero-order valence-corrected chi connectivity index (χ0v) is 15.4. The summed E-state index contributed by atoms with van der Waals surface area (Å²) < 4.78 is 26.9. The number of hydrogen-bond acceptors (Lipinski definition) is 5. The molecule has 7 nitrogen and oxygen atoms in total. The number of nitro benzene ring substituents is 1. The quantitative estimate of drug-likeness (QED) is 0.540. The first-order valence-corrected chi connectivity index (χ1v) is 9.46. The lowest BCUT2D eigenvalue weighted by Gasteiger charge is -2.28. The minimum Gasteiger partial charge on any atom is -0.391 e. The van der Waals surface area contributed by atoms with E-state index in [-0.39, 0.29) is 35.5 Å². The van der Waals surface area contributed by atoms with Crippen molar-refractivity contribution in [3.63, 3.8) is 0 Å². The van der Waals surface area contributed by atoms with Crippen LogP contribution in [0.3, 0.4) is 0 Å². The lowest BCUT2D eigenvalue weighted by Crippen LogP contribution is -2.41. The number of benzene rings is 1. The van der Waals surface area contributed by atoms with Gasteiger partial charge in [0.2, 0.25) is 10.0 Å². The molecule has 1 rings (SSSR count). The second-order valence-corrected chi connectivity index (χ2v) is 8.36. The van der Waals surface area contributed by atoms with Gasteiger partial charge in [-0.15, -0.1) is 0 Å². The lowest BCUT2D eigenvalue weighted by molar-refractivity contribution is -0.384. The molecule has 0 fully saturated rings. The smallest absolute Gasteiger partial charge is 0.269 e. The van der Waals surface area contributed by atoms with Crippen LogP contribution in [-0.4, -0.2) is 41.9 Å². The Hall–Kier alpha value is -1.51. The van der Waals surface area contributed by atoms with Gasteiger partial charge in [0.25, 0.3) is 5.69 Å².